The van der Waals surface area contributed by atoms with Crippen molar-refractivity contribution in [2.75, 3.05) is 18.8 Å². The van der Waals surface area contributed by atoms with Crippen molar-refractivity contribution in [3.63, 3.8) is 0 Å². The van der Waals surface area contributed by atoms with Crippen LogP contribution in [0.4, 0.5) is 4.39 Å². The van der Waals surface area contributed by atoms with Gasteiger partial charge in [-0.2, -0.15) is 0 Å². The van der Waals surface area contributed by atoms with E-state index in [2.05, 4.69) is 21.2 Å². The quantitative estimate of drug-likeness (QED) is 0.922. The maximum Gasteiger partial charge on any atom is 0.124 e. The lowest BCUT2D eigenvalue weighted by Gasteiger charge is -2.26. The fourth-order valence-electron chi connectivity index (χ4n) is 1.60. The van der Waals surface area contributed by atoms with Crippen LogP contribution in [-0.2, 0) is 16.6 Å². The van der Waals surface area contributed by atoms with E-state index in [4.69, 9.17) is 0 Å². The van der Waals surface area contributed by atoms with Crippen LogP contribution in [0.2, 0.25) is 0 Å². The third kappa shape index (κ3) is 3.12. The monoisotopic (exact) mass is 305 g/mol. The summed E-state index contributed by atoms with van der Waals surface area (Å²) in [5.74, 6) is 1.50. The summed E-state index contributed by atoms with van der Waals surface area (Å²) in [6.07, 6.45) is 0. The molecule has 1 aliphatic rings. The molecule has 16 heavy (non-hydrogen) atoms. The molecule has 1 saturated heterocycles. The number of rotatable bonds is 4. The SMILES string of the molecule is O=S(Cc1ccc(F)cc1Br)CC1CNC1. The minimum Gasteiger partial charge on any atom is -0.316 e. The molecule has 1 aromatic carbocycles. The summed E-state index contributed by atoms with van der Waals surface area (Å²) in [4.78, 5) is 0. The van der Waals surface area contributed by atoms with Gasteiger partial charge in [0.1, 0.15) is 5.82 Å². The van der Waals surface area contributed by atoms with E-state index < -0.39 is 10.8 Å². The van der Waals surface area contributed by atoms with E-state index in [0.29, 0.717) is 16.1 Å². The summed E-state index contributed by atoms with van der Waals surface area (Å²) < 4.78 is 25.4. The van der Waals surface area contributed by atoms with Crippen LogP contribution in [-0.4, -0.2) is 23.1 Å². The molecular formula is C11H13BrFNOS. The smallest absolute Gasteiger partial charge is 0.124 e. The summed E-state index contributed by atoms with van der Waals surface area (Å²) in [7, 11) is -0.859. The summed E-state index contributed by atoms with van der Waals surface area (Å²) in [5, 5.41) is 3.16. The van der Waals surface area contributed by atoms with Crippen LogP contribution in [0, 0.1) is 11.7 Å². The van der Waals surface area contributed by atoms with Crippen molar-refractivity contribution in [1.29, 1.82) is 0 Å². The molecule has 1 unspecified atom stereocenters. The molecule has 5 heteroatoms. The molecule has 2 nitrogen and oxygen atoms in total. The van der Waals surface area contributed by atoms with Crippen molar-refractivity contribution in [1.82, 2.24) is 5.32 Å². The minimum absolute atomic E-state index is 0.274. The van der Waals surface area contributed by atoms with Gasteiger partial charge in [-0.1, -0.05) is 22.0 Å². The van der Waals surface area contributed by atoms with E-state index in [9.17, 15) is 8.60 Å². The van der Waals surface area contributed by atoms with Crippen LogP contribution in [0.15, 0.2) is 22.7 Å². The molecule has 0 bridgehead atoms. The zero-order chi connectivity index (χ0) is 11.5. The Balaban J connectivity index is 1.94. The lowest BCUT2D eigenvalue weighted by molar-refractivity contribution is 0.382. The van der Waals surface area contributed by atoms with Gasteiger partial charge in [0.2, 0.25) is 0 Å². The predicted molar refractivity (Wildman–Crippen MR) is 67.2 cm³/mol. The second kappa shape index (κ2) is 5.38. The number of nitrogens with one attached hydrogen (secondary N) is 1. The standard InChI is InChI=1S/C11H13BrFNOS/c12-11-3-10(13)2-1-9(11)7-16(15)6-8-4-14-5-8/h1-3,8,14H,4-7H2. The van der Waals surface area contributed by atoms with Gasteiger partial charge >= 0.3 is 0 Å². The van der Waals surface area contributed by atoms with E-state index in [1.54, 1.807) is 6.07 Å². The Hall–Kier alpha value is -0.260. The van der Waals surface area contributed by atoms with Crippen molar-refractivity contribution in [2.24, 2.45) is 5.92 Å². The maximum absolute atomic E-state index is 12.8. The highest BCUT2D eigenvalue weighted by Gasteiger charge is 2.19. The van der Waals surface area contributed by atoms with Crippen molar-refractivity contribution in [3.05, 3.63) is 34.1 Å². The second-order valence-electron chi connectivity index (χ2n) is 4.01. The van der Waals surface area contributed by atoms with Crippen LogP contribution in [0.25, 0.3) is 0 Å². The minimum atomic E-state index is -0.859. The second-order valence-corrected chi connectivity index (χ2v) is 6.37. The zero-order valence-electron chi connectivity index (χ0n) is 8.71. The average Bonchev–Trinajstić information content (AvgIpc) is 2.16. The molecule has 0 radical (unpaired) electrons. The molecule has 1 fully saturated rings. The Kier molecular flexibility index (Phi) is 4.10. The molecule has 1 aliphatic heterocycles. The van der Waals surface area contributed by atoms with Crippen LogP contribution < -0.4 is 5.32 Å². The number of halogens is 2. The van der Waals surface area contributed by atoms with Gasteiger partial charge in [0.05, 0.1) is 0 Å². The van der Waals surface area contributed by atoms with Gasteiger partial charge in [0, 0.05) is 39.9 Å². The largest absolute Gasteiger partial charge is 0.316 e. The first-order chi connectivity index (χ1) is 7.65. The molecular weight excluding hydrogens is 293 g/mol. The first-order valence-electron chi connectivity index (χ1n) is 5.15. The van der Waals surface area contributed by atoms with Crippen molar-refractivity contribution in [2.45, 2.75) is 5.75 Å². The zero-order valence-corrected chi connectivity index (χ0v) is 11.1. The summed E-state index contributed by atoms with van der Waals surface area (Å²) >= 11 is 3.29. The van der Waals surface area contributed by atoms with E-state index in [-0.39, 0.29) is 5.82 Å². The van der Waals surface area contributed by atoms with Crippen molar-refractivity contribution < 1.29 is 8.60 Å². The van der Waals surface area contributed by atoms with Gasteiger partial charge in [-0.05, 0) is 23.6 Å². The summed E-state index contributed by atoms with van der Waals surface area (Å²) in [5.41, 5.74) is 0.909. The number of hydrogen-bond acceptors (Lipinski definition) is 2. The molecule has 0 aliphatic carbocycles. The van der Waals surface area contributed by atoms with Crippen LogP contribution in [0.5, 0.6) is 0 Å². The molecule has 0 spiro atoms. The van der Waals surface area contributed by atoms with Gasteiger partial charge in [0.25, 0.3) is 0 Å². The number of benzene rings is 1. The van der Waals surface area contributed by atoms with E-state index in [1.807, 2.05) is 0 Å². The van der Waals surface area contributed by atoms with Gasteiger partial charge in [-0.25, -0.2) is 4.39 Å². The fraction of sp³-hybridized carbons (Fsp3) is 0.455. The third-order valence-electron chi connectivity index (χ3n) is 2.62. The Labute approximate surface area is 105 Å². The Morgan fingerprint density at radius 3 is 2.81 bits per heavy atom. The van der Waals surface area contributed by atoms with E-state index in [0.717, 1.165) is 24.4 Å². The van der Waals surface area contributed by atoms with Gasteiger partial charge < -0.3 is 5.32 Å². The summed E-state index contributed by atoms with van der Waals surface area (Å²) in [6.45, 7) is 1.94. The molecule has 1 heterocycles. The van der Waals surface area contributed by atoms with Gasteiger partial charge in [-0.3, -0.25) is 4.21 Å². The first-order valence-corrected chi connectivity index (χ1v) is 7.43. The van der Waals surface area contributed by atoms with Gasteiger partial charge in [0.15, 0.2) is 0 Å². The first kappa shape index (κ1) is 12.2. The molecule has 0 saturated carbocycles. The Bertz CT molecular complexity index is 409. The topological polar surface area (TPSA) is 29.1 Å². The fourth-order valence-corrected chi connectivity index (χ4v) is 3.75. The van der Waals surface area contributed by atoms with Crippen LogP contribution in [0.3, 0.4) is 0 Å². The molecule has 0 aromatic heterocycles. The predicted octanol–water partition coefficient (Wildman–Crippen LogP) is 2.06. The highest BCUT2D eigenvalue weighted by Crippen LogP contribution is 2.20. The maximum atomic E-state index is 12.8. The van der Waals surface area contributed by atoms with Crippen LogP contribution >= 0.6 is 15.9 Å². The molecule has 0 amide bonds. The van der Waals surface area contributed by atoms with Crippen LogP contribution in [0.1, 0.15) is 5.56 Å². The number of hydrogen-bond donors (Lipinski definition) is 1. The molecule has 1 atom stereocenters. The lowest BCUT2D eigenvalue weighted by atomic mass is 10.1. The molecule has 2 rings (SSSR count). The third-order valence-corrected chi connectivity index (χ3v) is 4.83. The molecule has 1 aromatic rings. The van der Waals surface area contributed by atoms with Crippen molar-refractivity contribution in [3.8, 4) is 0 Å². The van der Waals surface area contributed by atoms with E-state index in [1.165, 1.54) is 12.1 Å². The van der Waals surface area contributed by atoms with Gasteiger partial charge in [-0.15, -0.1) is 0 Å². The van der Waals surface area contributed by atoms with E-state index >= 15 is 0 Å². The highest BCUT2D eigenvalue weighted by atomic mass is 79.9. The lowest BCUT2D eigenvalue weighted by Crippen LogP contribution is -2.44. The van der Waals surface area contributed by atoms with Crippen molar-refractivity contribution >= 4 is 26.7 Å². The summed E-state index contributed by atoms with van der Waals surface area (Å²) in [6, 6.07) is 4.51. The Morgan fingerprint density at radius 1 is 1.50 bits per heavy atom. The normalized spacial score (nSPS) is 18.1. The molecule has 88 valence electrons. The molecule has 1 N–H and O–H groups in total. The Morgan fingerprint density at radius 2 is 2.25 bits per heavy atom. The average molecular weight is 306 g/mol. The highest BCUT2D eigenvalue weighted by molar-refractivity contribution is 9.10.